The van der Waals surface area contributed by atoms with Crippen molar-refractivity contribution in [2.75, 3.05) is 6.61 Å². The number of aromatic amines is 1. The Kier molecular flexibility index (Phi) is 5.39. The van der Waals surface area contributed by atoms with Gasteiger partial charge in [0.25, 0.3) is 5.69 Å². The highest BCUT2D eigenvalue weighted by Crippen LogP contribution is 2.37. The minimum atomic E-state index is -0.675. The SMILES string of the molecule is O=C(COc1ccc(-c2ccccc2)cc1)N=Nc1c(O)[nH]c2ccc([N+](=O)[O-])cc12. The molecule has 3 aromatic carbocycles. The summed E-state index contributed by atoms with van der Waals surface area (Å²) in [6, 6.07) is 21.1. The molecular formula is C22H16N4O5. The predicted octanol–water partition coefficient (Wildman–Crippen LogP) is 5.14. The number of non-ortho nitro benzene ring substituents is 1. The summed E-state index contributed by atoms with van der Waals surface area (Å²) in [7, 11) is 0. The first-order valence-corrected chi connectivity index (χ1v) is 9.23. The zero-order valence-electron chi connectivity index (χ0n) is 16.1. The number of aromatic nitrogens is 1. The molecule has 0 aliphatic carbocycles. The second kappa shape index (κ2) is 8.46. The van der Waals surface area contributed by atoms with E-state index in [0.717, 1.165) is 11.1 Å². The number of amides is 1. The van der Waals surface area contributed by atoms with Crippen molar-refractivity contribution in [1.29, 1.82) is 0 Å². The maximum Gasteiger partial charge on any atom is 0.302 e. The molecule has 31 heavy (non-hydrogen) atoms. The smallest absolute Gasteiger partial charge is 0.302 e. The van der Waals surface area contributed by atoms with Crippen molar-refractivity contribution >= 4 is 28.2 Å². The molecule has 2 N–H and O–H groups in total. The second-order valence-electron chi connectivity index (χ2n) is 6.58. The van der Waals surface area contributed by atoms with Crippen LogP contribution in [0.1, 0.15) is 0 Å². The highest BCUT2D eigenvalue weighted by molar-refractivity contribution is 5.95. The van der Waals surface area contributed by atoms with Gasteiger partial charge in [-0.1, -0.05) is 42.5 Å². The molecule has 1 amide bonds. The van der Waals surface area contributed by atoms with Gasteiger partial charge in [0, 0.05) is 17.5 Å². The molecule has 154 valence electrons. The fourth-order valence-corrected chi connectivity index (χ4v) is 3.02. The number of fused-ring (bicyclic) bond motifs is 1. The zero-order chi connectivity index (χ0) is 21.8. The van der Waals surface area contributed by atoms with Gasteiger partial charge in [0.15, 0.2) is 12.3 Å². The minimum absolute atomic E-state index is 0.0562. The average molecular weight is 416 g/mol. The van der Waals surface area contributed by atoms with Gasteiger partial charge in [-0.3, -0.25) is 14.9 Å². The molecule has 0 saturated heterocycles. The molecule has 0 radical (unpaired) electrons. The van der Waals surface area contributed by atoms with Gasteiger partial charge < -0.3 is 14.8 Å². The molecule has 4 aromatic rings. The van der Waals surface area contributed by atoms with E-state index in [2.05, 4.69) is 15.2 Å². The van der Waals surface area contributed by atoms with Gasteiger partial charge in [-0.15, -0.1) is 10.2 Å². The Morgan fingerprint density at radius 2 is 1.74 bits per heavy atom. The largest absolute Gasteiger partial charge is 0.493 e. The van der Waals surface area contributed by atoms with E-state index in [1.54, 1.807) is 12.1 Å². The number of benzene rings is 3. The zero-order valence-corrected chi connectivity index (χ0v) is 16.1. The number of azo groups is 1. The summed E-state index contributed by atoms with van der Waals surface area (Å²) in [5.74, 6) is -0.524. The molecule has 0 fully saturated rings. The fourth-order valence-electron chi connectivity index (χ4n) is 3.02. The van der Waals surface area contributed by atoms with Crippen LogP contribution < -0.4 is 4.74 Å². The van der Waals surface area contributed by atoms with Crippen LogP contribution in [-0.2, 0) is 4.79 Å². The lowest BCUT2D eigenvalue weighted by Crippen LogP contribution is -2.07. The van der Waals surface area contributed by atoms with Crippen LogP contribution in [0.15, 0.2) is 83.0 Å². The number of carbonyl (C=O) groups excluding carboxylic acids is 1. The average Bonchev–Trinajstić information content (AvgIpc) is 3.11. The normalized spacial score (nSPS) is 11.1. The van der Waals surface area contributed by atoms with Crippen molar-refractivity contribution in [2.45, 2.75) is 0 Å². The molecule has 0 aliphatic heterocycles. The molecule has 0 bridgehead atoms. The lowest BCUT2D eigenvalue weighted by molar-refractivity contribution is -0.384. The number of aromatic hydroxyl groups is 1. The van der Waals surface area contributed by atoms with Crippen molar-refractivity contribution in [3.8, 4) is 22.8 Å². The summed E-state index contributed by atoms with van der Waals surface area (Å²) in [4.78, 5) is 25.1. The first kappa shape index (κ1) is 19.8. The summed E-state index contributed by atoms with van der Waals surface area (Å²) in [6.45, 7) is -0.350. The Morgan fingerprint density at radius 1 is 1.03 bits per heavy atom. The summed E-state index contributed by atoms with van der Waals surface area (Å²) < 4.78 is 5.43. The molecule has 9 nitrogen and oxygen atoms in total. The van der Waals surface area contributed by atoms with Crippen LogP contribution in [-0.4, -0.2) is 27.5 Å². The van der Waals surface area contributed by atoms with E-state index in [9.17, 15) is 20.0 Å². The number of nitro groups is 1. The van der Waals surface area contributed by atoms with E-state index in [0.29, 0.717) is 11.3 Å². The van der Waals surface area contributed by atoms with E-state index in [-0.39, 0.29) is 29.2 Å². The van der Waals surface area contributed by atoms with Crippen molar-refractivity contribution in [3.63, 3.8) is 0 Å². The van der Waals surface area contributed by atoms with Crippen LogP contribution in [0.25, 0.3) is 22.0 Å². The van der Waals surface area contributed by atoms with Crippen LogP contribution in [0.4, 0.5) is 11.4 Å². The standard InChI is InChI=1S/C22H16N4O5/c27-20(13-31-17-9-6-15(7-10-17)14-4-2-1-3-5-14)24-25-21-18-12-16(26(29)30)8-11-19(18)23-22(21)28/h1-12,23,28H,13H2. The van der Waals surface area contributed by atoms with Crippen molar-refractivity contribution in [3.05, 3.63) is 82.9 Å². The number of ether oxygens (including phenoxy) is 1. The van der Waals surface area contributed by atoms with Crippen LogP contribution >= 0.6 is 0 Å². The van der Waals surface area contributed by atoms with Gasteiger partial charge >= 0.3 is 5.91 Å². The van der Waals surface area contributed by atoms with Gasteiger partial charge in [0.05, 0.1) is 10.4 Å². The van der Waals surface area contributed by atoms with Gasteiger partial charge in [0.2, 0.25) is 5.88 Å². The molecule has 0 atom stereocenters. The third kappa shape index (κ3) is 4.40. The fraction of sp³-hybridized carbons (Fsp3) is 0.0455. The Hall–Kier alpha value is -4.53. The Morgan fingerprint density at radius 3 is 2.45 bits per heavy atom. The van der Waals surface area contributed by atoms with E-state index in [1.807, 2.05) is 42.5 Å². The van der Waals surface area contributed by atoms with Crippen molar-refractivity contribution < 1.29 is 19.6 Å². The number of rotatable bonds is 6. The summed E-state index contributed by atoms with van der Waals surface area (Å²) in [5, 5.41) is 28.5. The maximum atomic E-state index is 12.0. The molecular weight excluding hydrogens is 400 g/mol. The first-order valence-electron chi connectivity index (χ1n) is 9.23. The van der Waals surface area contributed by atoms with Crippen LogP contribution in [0.5, 0.6) is 11.6 Å². The Labute approximate surface area is 175 Å². The molecule has 9 heteroatoms. The van der Waals surface area contributed by atoms with Crippen molar-refractivity contribution in [1.82, 2.24) is 4.98 Å². The lowest BCUT2D eigenvalue weighted by atomic mass is 10.1. The monoisotopic (exact) mass is 416 g/mol. The summed E-state index contributed by atoms with van der Waals surface area (Å²) >= 11 is 0. The predicted molar refractivity (Wildman–Crippen MR) is 114 cm³/mol. The van der Waals surface area contributed by atoms with E-state index in [4.69, 9.17) is 4.74 Å². The number of nitrogens with one attached hydrogen (secondary N) is 1. The summed E-state index contributed by atoms with van der Waals surface area (Å²) in [6.07, 6.45) is 0. The van der Waals surface area contributed by atoms with Gasteiger partial charge in [0.1, 0.15) is 5.75 Å². The third-order valence-electron chi connectivity index (χ3n) is 4.53. The highest BCUT2D eigenvalue weighted by atomic mass is 16.6. The van der Waals surface area contributed by atoms with Crippen LogP contribution in [0.2, 0.25) is 0 Å². The molecule has 0 aliphatic rings. The Bertz CT molecular complexity index is 1280. The van der Waals surface area contributed by atoms with Crippen molar-refractivity contribution in [2.24, 2.45) is 10.2 Å². The minimum Gasteiger partial charge on any atom is -0.493 e. The topological polar surface area (TPSA) is 130 Å². The molecule has 0 unspecified atom stereocenters. The second-order valence-corrected chi connectivity index (χ2v) is 6.58. The number of carbonyl (C=O) groups is 1. The molecule has 1 aromatic heterocycles. The maximum absolute atomic E-state index is 12.0. The van der Waals surface area contributed by atoms with E-state index < -0.39 is 10.8 Å². The molecule has 0 saturated carbocycles. The number of nitro benzene ring substituents is 1. The molecule has 1 heterocycles. The number of hydrogen-bond donors (Lipinski definition) is 2. The van der Waals surface area contributed by atoms with Crippen LogP contribution in [0.3, 0.4) is 0 Å². The highest BCUT2D eigenvalue weighted by Gasteiger charge is 2.15. The third-order valence-corrected chi connectivity index (χ3v) is 4.53. The quantitative estimate of drug-likeness (QED) is 0.255. The van der Waals surface area contributed by atoms with E-state index >= 15 is 0 Å². The number of H-pyrrole nitrogens is 1. The van der Waals surface area contributed by atoms with Crippen LogP contribution in [0, 0.1) is 10.1 Å². The lowest BCUT2D eigenvalue weighted by Gasteiger charge is -2.05. The van der Waals surface area contributed by atoms with Gasteiger partial charge in [-0.25, -0.2) is 0 Å². The van der Waals surface area contributed by atoms with Gasteiger partial charge in [-0.05, 0) is 29.3 Å². The Balaban J connectivity index is 1.43. The molecule has 4 rings (SSSR count). The number of hydrogen-bond acceptors (Lipinski definition) is 6. The molecule has 0 spiro atoms. The summed E-state index contributed by atoms with van der Waals surface area (Å²) in [5.41, 5.74) is 2.29. The number of nitrogens with zero attached hydrogens (tertiary/aromatic N) is 3. The van der Waals surface area contributed by atoms with E-state index in [1.165, 1.54) is 18.2 Å². The first-order chi connectivity index (χ1) is 15.0. The van der Waals surface area contributed by atoms with Gasteiger partial charge in [-0.2, -0.15) is 0 Å².